The SMILES string of the molecule is CC12CCC(C)(CC1)c1cc(-c3ccc(-c4ccc5c(c4)C4(C)CCC5(C)CC4)c(N(c4ccc(Br)cc4)c4ccc(Br)cc4)c3)ccc12. The second kappa shape index (κ2) is 11.2. The summed E-state index contributed by atoms with van der Waals surface area (Å²) < 4.78 is 2.16. The van der Waals surface area contributed by atoms with Crippen molar-refractivity contribution in [1.82, 2.24) is 0 Å². The third-order valence-electron chi connectivity index (χ3n) is 13.6. The van der Waals surface area contributed by atoms with Crippen LogP contribution in [0.5, 0.6) is 0 Å². The van der Waals surface area contributed by atoms with Crippen LogP contribution >= 0.6 is 31.9 Å². The molecule has 0 spiro atoms. The maximum atomic E-state index is 3.70. The maximum Gasteiger partial charge on any atom is 0.0546 e. The molecular formula is C46H45Br2N. The molecule has 6 aliphatic rings. The van der Waals surface area contributed by atoms with E-state index in [-0.39, 0.29) is 10.8 Å². The second-order valence-corrected chi connectivity index (χ2v) is 18.6. The first-order chi connectivity index (χ1) is 23.5. The van der Waals surface area contributed by atoms with Gasteiger partial charge in [-0.05, 0) is 167 Å². The monoisotopic (exact) mass is 769 g/mol. The summed E-state index contributed by atoms with van der Waals surface area (Å²) in [5.74, 6) is 0. The molecular weight excluding hydrogens is 726 g/mol. The van der Waals surface area contributed by atoms with Gasteiger partial charge in [-0.25, -0.2) is 0 Å². The quantitative estimate of drug-likeness (QED) is 0.172. The van der Waals surface area contributed by atoms with Gasteiger partial charge < -0.3 is 4.90 Å². The van der Waals surface area contributed by atoms with Crippen molar-refractivity contribution in [3.8, 4) is 22.3 Å². The molecule has 0 amide bonds. The molecule has 6 aliphatic carbocycles. The highest BCUT2D eigenvalue weighted by molar-refractivity contribution is 9.10. The first kappa shape index (κ1) is 31.8. The zero-order chi connectivity index (χ0) is 33.8. The minimum absolute atomic E-state index is 0.259. The van der Waals surface area contributed by atoms with E-state index in [1.807, 2.05) is 0 Å². The van der Waals surface area contributed by atoms with Crippen LogP contribution in [0, 0.1) is 0 Å². The van der Waals surface area contributed by atoms with E-state index in [1.165, 1.54) is 79.3 Å². The number of nitrogens with zero attached hydrogens (tertiary/aromatic N) is 1. The standard InChI is InChI=1S/C46H45Br2N/c1-43-19-23-45(3,24-20-43)40-27-30(6-17-38(40)43)31-5-16-37(32-7-18-39-41(28-32)46(4)25-21-44(39,2)22-26-46)42(29-31)49(35-12-8-33(47)9-13-35)36-14-10-34(48)11-15-36/h5-18,27-29H,19-26H2,1-4H3. The fourth-order valence-electron chi connectivity index (χ4n) is 10.0. The molecule has 0 saturated heterocycles. The van der Waals surface area contributed by atoms with Gasteiger partial charge in [-0.15, -0.1) is 0 Å². The lowest BCUT2D eigenvalue weighted by Gasteiger charge is -2.52. The normalized spacial score (nSPS) is 27.9. The predicted molar refractivity (Wildman–Crippen MR) is 214 cm³/mol. The van der Waals surface area contributed by atoms with Crippen LogP contribution in [0.1, 0.15) is 101 Å². The van der Waals surface area contributed by atoms with Crippen LogP contribution in [0.15, 0.2) is 112 Å². The van der Waals surface area contributed by atoms with Gasteiger partial charge in [0.1, 0.15) is 0 Å². The van der Waals surface area contributed by atoms with Crippen molar-refractivity contribution in [1.29, 1.82) is 0 Å². The van der Waals surface area contributed by atoms with Crippen molar-refractivity contribution in [3.05, 3.63) is 134 Å². The van der Waals surface area contributed by atoms with E-state index in [0.717, 1.165) is 20.3 Å². The van der Waals surface area contributed by atoms with Gasteiger partial charge in [0.05, 0.1) is 5.69 Å². The number of halogens is 2. The molecule has 3 heteroatoms. The van der Waals surface area contributed by atoms with E-state index in [9.17, 15) is 0 Å². The van der Waals surface area contributed by atoms with Crippen molar-refractivity contribution >= 4 is 48.9 Å². The van der Waals surface area contributed by atoms with Crippen molar-refractivity contribution < 1.29 is 0 Å². The summed E-state index contributed by atoms with van der Waals surface area (Å²) in [5.41, 5.74) is 16.1. The summed E-state index contributed by atoms with van der Waals surface area (Å²) in [4.78, 5) is 2.45. The van der Waals surface area contributed by atoms with Crippen LogP contribution < -0.4 is 4.90 Å². The molecule has 0 aliphatic heterocycles. The molecule has 0 unspecified atom stereocenters. The molecule has 2 saturated carbocycles. The van der Waals surface area contributed by atoms with Gasteiger partial charge in [0.2, 0.25) is 0 Å². The van der Waals surface area contributed by atoms with Crippen LogP contribution in [0.25, 0.3) is 22.3 Å². The van der Waals surface area contributed by atoms with E-state index in [1.54, 1.807) is 22.3 Å². The molecule has 0 atom stereocenters. The van der Waals surface area contributed by atoms with Gasteiger partial charge >= 0.3 is 0 Å². The first-order valence-corrected chi connectivity index (χ1v) is 19.8. The van der Waals surface area contributed by atoms with Crippen LogP contribution in [0.2, 0.25) is 0 Å². The third kappa shape index (κ3) is 5.04. The fraction of sp³-hybridized carbons (Fsp3) is 0.348. The van der Waals surface area contributed by atoms with Crippen molar-refractivity contribution in [2.24, 2.45) is 0 Å². The molecule has 4 bridgehead atoms. The lowest BCUT2D eigenvalue weighted by Crippen LogP contribution is -2.44. The van der Waals surface area contributed by atoms with Gasteiger partial charge in [-0.2, -0.15) is 0 Å². The highest BCUT2D eigenvalue weighted by Gasteiger charge is 2.48. The number of benzene rings is 5. The minimum Gasteiger partial charge on any atom is -0.310 e. The zero-order valence-electron chi connectivity index (χ0n) is 29.2. The van der Waals surface area contributed by atoms with E-state index in [0.29, 0.717) is 10.8 Å². The van der Waals surface area contributed by atoms with E-state index in [2.05, 4.69) is 168 Å². The molecule has 0 N–H and O–H groups in total. The molecule has 248 valence electrons. The lowest BCUT2D eigenvalue weighted by molar-refractivity contribution is 0.188. The van der Waals surface area contributed by atoms with Gasteiger partial charge in [-0.1, -0.05) is 108 Å². The summed E-state index contributed by atoms with van der Waals surface area (Å²) in [6.45, 7) is 10.0. The molecule has 0 radical (unpaired) electrons. The van der Waals surface area contributed by atoms with Gasteiger partial charge in [0.25, 0.3) is 0 Å². The van der Waals surface area contributed by atoms with Crippen LogP contribution in [-0.4, -0.2) is 0 Å². The largest absolute Gasteiger partial charge is 0.310 e. The highest BCUT2D eigenvalue weighted by atomic mass is 79.9. The van der Waals surface area contributed by atoms with Crippen LogP contribution in [-0.2, 0) is 21.7 Å². The first-order valence-electron chi connectivity index (χ1n) is 18.2. The van der Waals surface area contributed by atoms with Crippen LogP contribution in [0.3, 0.4) is 0 Å². The summed E-state index contributed by atoms with van der Waals surface area (Å²) in [6.07, 6.45) is 10.4. The molecule has 0 aromatic heterocycles. The average molecular weight is 772 g/mol. The van der Waals surface area contributed by atoms with Gasteiger partial charge in [0.15, 0.2) is 0 Å². The fourth-order valence-corrected chi connectivity index (χ4v) is 10.5. The number of fused-ring (bicyclic) bond motifs is 4. The molecule has 5 aromatic rings. The molecule has 2 fully saturated rings. The predicted octanol–water partition coefficient (Wildman–Crippen LogP) is 14.2. The second-order valence-electron chi connectivity index (χ2n) is 16.8. The summed E-state index contributed by atoms with van der Waals surface area (Å²) in [7, 11) is 0. The minimum atomic E-state index is 0.259. The number of hydrogen-bond donors (Lipinski definition) is 0. The zero-order valence-corrected chi connectivity index (χ0v) is 32.3. The summed E-state index contributed by atoms with van der Waals surface area (Å²) >= 11 is 7.39. The van der Waals surface area contributed by atoms with E-state index >= 15 is 0 Å². The number of hydrogen-bond acceptors (Lipinski definition) is 1. The molecule has 0 heterocycles. The molecule has 1 nitrogen and oxygen atoms in total. The number of rotatable bonds is 5. The Labute approximate surface area is 309 Å². The van der Waals surface area contributed by atoms with Gasteiger partial charge in [-0.3, -0.25) is 0 Å². The van der Waals surface area contributed by atoms with Gasteiger partial charge in [0, 0.05) is 25.9 Å². The average Bonchev–Trinajstić information content (AvgIpc) is 3.12. The topological polar surface area (TPSA) is 3.24 Å². The van der Waals surface area contributed by atoms with Crippen molar-refractivity contribution in [2.75, 3.05) is 4.90 Å². The molecule has 11 rings (SSSR count). The lowest BCUT2D eigenvalue weighted by atomic mass is 9.52. The Hall–Kier alpha value is -3.14. The molecule has 5 aromatic carbocycles. The van der Waals surface area contributed by atoms with Crippen molar-refractivity contribution in [3.63, 3.8) is 0 Å². The van der Waals surface area contributed by atoms with Crippen molar-refractivity contribution in [2.45, 2.75) is 101 Å². The van der Waals surface area contributed by atoms with E-state index < -0.39 is 0 Å². The Morgan fingerprint density at radius 2 is 0.776 bits per heavy atom. The Balaban J connectivity index is 1.26. The number of anilines is 3. The summed E-state index contributed by atoms with van der Waals surface area (Å²) in [5, 5.41) is 0. The van der Waals surface area contributed by atoms with E-state index in [4.69, 9.17) is 0 Å². The summed E-state index contributed by atoms with van der Waals surface area (Å²) in [6, 6.07) is 39.6. The highest BCUT2D eigenvalue weighted by Crippen LogP contribution is 2.58. The Morgan fingerprint density at radius 1 is 0.408 bits per heavy atom. The van der Waals surface area contributed by atoms with Crippen LogP contribution in [0.4, 0.5) is 17.1 Å². The Bertz CT molecular complexity index is 2050. The smallest absolute Gasteiger partial charge is 0.0546 e. The maximum absolute atomic E-state index is 3.70. The molecule has 49 heavy (non-hydrogen) atoms. The Morgan fingerprint density at radius 3 is 1.24 bits per heavy atom. The third-order valence-corrected chi connectivity index (χ3v) is 14.7. The Kier molecular flexibility index (Phi) is 7.26.